The molecule has 0 saturated carbocycles. The first-order valence-corrected chi connectivity index (χ1v) is 8.70. The van der Waals surface area contributed by atoms with E-state index < -0.39 is 0 Å². The first-order valence-electron chi connectivity index (χ1n) is 8.70. The molecule has 0 bridgehead atoms. The Morgan fingerprint density at radius 3 is 2.67 bits per heavy atom. The van der Waals surface area contributed by atoms with Crippen molar-refractivity contribution >= 4 is 46.7 Å². The number of hydrogen-bond acceptors (Lipinski definition) is 4. The van der Waals surface area contributed by atoms with Gasteiger partial charge in [-0.3, -0.25) is 4.99 Å². The first-order chi connectivity index (χ1) is 12.7. The molecule has 0 spiro atoms. The van der Waals surface area contributed by atoms with Crippen LogP contribution in [0.1, 0.15) is 11.3 Å². The molecule has 0 saturated heterocycles. The minimum Gasteiger partial charge on any atom is -0.469 e. The fourth-order valence-corrected chi connectivity index (χ4v) is 2.77. The fourth-order valence-electron chi connectivity index (χ4n) is 2.77. The highest BCUT2D eigenvalue weighted by atomic mass is 127. The van der Waals surface area contributed by atoms with Gasteiger partial charge in [0.05, 0.1) is 11.8 Å². The van der Waals surface area contributed by atoms with Crippen LogP contribution in [-0.4, -0.2) is 38.6 Å². The highest BCUT2D eigenvalue weighted by molar-refractivity contribution is 14.0. The largest absolute Gasteiger partial charge is 0.469 e. The van der Waals surface area contributed by atoms with Gasteiger partial charge in [0.1, 0.15) is 11.6 Å². The van der Waals surface area contributed by atoms with E-state index in [1.165, 1.54) is 5.56 Å². The lowest BCUT2D eigenvalue weighted by Crippen LogP contribution is -2.37. The maximum Gasteiger partial charge on any atom is 0.191 e. The lowest BCUT2D eigenvalue weighted by Gasteiger charge is -2.16. The zero-order chi connectivity index (χ0) is 18.4. The number of fused-ring (bicyclic) bond motifs is 1. The first kappa shape index (κ1) is 21.0. The standard InChI is InChI=1S/C20H25N5O.HI/c1-21-20(22-11-10-16-7-6-12-26-16)23-14-15-13-19(25(2)3)24-18-9-5-4-8-17(15)18;/h4-9,12-13H,10-11,14H2,1-3H3,(H2,21,22,23);1H. The summed E-state index contributed by atoms with van der Waals surface area (Å²) in [4.78, 5) is 11.0. The van der Waals surface area contributed by atoms with Crippen molar-refractivity contribution in [3.05, 3.63) is 60.1 Å². The minimum absolute atomic E-state index is 0. The third kappa shape index (κ3) is 5.59. The highest BCUT2D eigenvalue weighted by Crippen LogP contribution is 2.21. The molecule has 1 aromatic carbocycles. The molecule has 6 nitrogen and oxygen atoms in total. The van der Waals surface area contributed by atoms with Crippen LogP contribution in [0.15, 0.2) is 58.1 Å². The van der Waals surface area contributed by atoms with Gasteiger partial charge >= 0.3 is 0 Å². The van der Waals surface area contributed by atoms with Crippen LogP contribution in [0.3, 0.4) is 0 Å². The number of aliphatic imine (C=N–C) groups is 1. The van der Waals surface area contributed by atoms with E-state index in [9.17, 15) is 0 Å². The Balaban J connectivity index is 0.00000261. The van der Waals surface area contributed by atoms with E-state index in [0.717, 1.165) is 41.4 Å². The number of para-hydroxylation sites is 1. The van der Waals surface area contributed by atoms with E-state index in [1.54, 1.807) is 13.3 Å². The van der Waals surface area contributed by atoms with Gasteiger partial charge in [0.25, 0.3) is 0 Å². The van der Waals surface area contributed by atoms with Gasteiger partial charge in [-0.15, -0.1) is 24.0 Å². The van der Waals surface area contributed by atoms with Gasteiger partial charge in [0.15, 0.2) is 5.96 Å². The van der Waals surface area contributed by atoms with Crippen molar-refractivity contribution in [3.63, 3.8) is 0 Å². The maximum absolute atomic E-state index is 5.35. The van der Waals surface area contributed by atoms with Gasteiger partial charge < -0.3 is 20.0 Å². The van der Waals surface area contributed by atoms with Crippen LogP contribution in [0.5, 0.6) is 0 Å². The second-order valence-corrected chi connectivity index (χ2v) is 6.23. The second kappa shape index (κ2) is 10.1. The number of nitrogens with zero attached hydrogens (tertiary/aromatic N) is 3. The average molecular weight is 479 g/mol. The Kier molecular flexibility index (Phi) is 7.90. The molecule has 0 aliphatic heterocycles. The van der Waals surface area contributed by atoms with Gasteiger partial charge in [0.2, 0.25) is 0 Å². The second-order valence-electron chi connectivity index (χ2n) is 6.23. The van der Waals surface area contributed by atoms with Crippen LogP contribution in [0.4, 0.5) is 5.82 Å². The molecular formula is C20H26IN5O. The highest BCUT2D eigenvalue weighted by Gasteiger charge is 2.08. The number of furan rings is 1. The van der Waals surface area contributed by atoms with Gasteiger partial charge in [-0.25, -0.2) is 4.98 Å². The number of rotatable bonds is 6. The van der Waals surface area contributed by atoms with E-state index in [0.29, 0.717) is 6.54 Å². The Morgan fingerprint density at radius 2 is 1.96 bits per heavy atom. The number of halogens is 1. The predicted molar refractivity (Wildman–Crippen MR) is 122 cm³/mol. The minimum atomic E-state index is 0. The molecule has 144 valence electrons. The Morgan fingerprint density at radius 1 is 1.15 bits per heavy atom. The number of guanidine groups is 1. The SMILES string of the molecule is CN=C(NCCc1ccco1)NCc1cc(N(C)C)nc2ccccc12.I. The van der Waals surface area contributed by atoms with Crippen LogP contribution in [0.2, 0.25) is 0 Å². The van der Waals surface area contributed by atoms with Crippen molar-refractivity contribution in [3.8, 4) is 0 Å². The summed E-state index contributed by atoms with van der Waals surface area (Å²) in [6, 6.07) is 14.2. The lowest BCUT2D eigenvalue weighted by molar-refractivity contribution is 0.507. The molecule has 7 heteroatoms. The van der Waals surface area contributed by atoms with Crippen molar-refractivity contribution in [1.82, 2.24) is 15.6 Å². The van der Waals surface area contributed by atoms with Crippen LogP contribution in [-0.2, 0) is 13.0 Å². The molecule has 0 fully saturated rings. The molecule has 0 aliphatic carbocycles. The monoisotopic (exact) mass is 479 g/mol. The lowest BCUT2D eigenvalue weighted by atomic mass is 10.1. The molecular weight excluding hydrogens is 453 g/mol. The van der Waals surface area contributed by atoms with Crippen LogP contribution in [0.25, 0.3) is 10.9 Å². The van der Waals surface area contributed by atoms with Gasteiger partial charge in [-0.2, -0.15) is 0 Å². The normalized spacial score (nSPS) is 11.1. The summed E-state index contributed by atoms with van der Waals surface area (Å²) in [5.41, 5.74) is 2.18. The fraction of sp³-hybridized carbons (Fsp3) is 0.300. The molecule has 0 atom stereocenters. The van der Waals surface area contributed by atoms with E-state index in [1.807, 2.05) is 49.3 Å². The topological polar surface area (TPSA) is 65.7 Å². The smallest absolute Gasteiger partial charge is 0.191 e. The summed E-state index contributed by atoms with van der Waals surface area (Å²) < 4.78 is 5.35. The third-order valence-corrected chi connectivity index (χ3v) is 4.16. The summed E-state index contributed by atoms with van der Waals surface area (Å²) >= 11 is 0. The van der Waals surface area contributed by atoms with Crippen molar-refractivity contribution in [2.45, 2.75) is 13.0 Å². The zero-order valence-electron chi connectivity index (χ0n) is 15.9. The van der Waals surface area contributed by atoms with Gasteiger partial charge in [0, 0.05) is 46.0 Å². The number of anilines is 1. The van der Waals surface area contributed by atoms with E-state index in [2.05, 4.69) is 27.8 Å². The summed E-state index contributed by atoms with van der Waals surface area (Å²) in [6.45, 7) is 1.43. The Labute approximate surface area is 177 Å². The van der Waals surface area contributed by atoms with E-state index in [4.69, 9.17) is 9.40 Å². The number of aromatic nitrogens is 1. The molecule has 0 aliphatic rings. The van der Waals surface area contributed by atoms with Gasteiger partial charge in [-0.05, 0) is 29.8 Å². The van der Waals surface area contributed by atoms with Crippen LogP contribution >= 0.6 is 24.0 Å². The number of nitrogens with one attached hydrogen (secondary N) is 2. The van der Waals surface area contributed by atoms with E-state index >= 15 is 0 Å². The van der Waals surface area contributed by atoms with Crippen LogP contribution < -0.4 is 15.5 Å². The zero-order valence-corrected chi connectivity index (χ0v) is 18.2. The average Bonchev–Trinajstić information content (AvgIpc) is 3.17. The Bertz CT molecular complexity index is 877. The molecule has 0 unspecified atom stereocenters. The molecule has 0 amide bonds. The summed E-state index contributed by atoms with van der Waals surface area (Å²) in [5.74, 6) is 2.67. The van der Waals surface area contributed by atoms with Crippen molar-refractivity contribution in [2.75, 3.05) is 32.6 Å². The maximum atomic E-state index is 5.35. The van der Waals surface area contributed by atoms with Crippen molar-refractivity contribution in [1.29, 1.82) is 0 Å². The Hall–Kier alpha value is -2.29. The van der Waals surface area contributed by atoms with E-state index in [-0.39, 0.29) is 24.0 Å². The number of benzene rings is 1. The summed E-state index contributed by atoms with van der Waals surface area (Å²) in [7, 11) is 5.78. The van der Waals surface area contributed by atoms with Crippen molar-refractivity contribution < 1.29 is 4.42 Å². The molecule has 27 heavy (non-hydrogen) atoms. The molecule has 0 radical (unpaired) electrons. The number of hydrogen-bond donors (Lipinski definition) is 2. The molecule has 2 N–H and O–H groups in total. The predicted octanol–water partition coefficient (Wildman–Crippen LogP) is 3.42. The third-order valence-electron chi connectivity index (χ3n) is 4.16. The molecule has 3 rings (SSSR count). The molecule has 3 aromatic rings. The molecule has 2 aromatic heterocycles. The summed E-state index contributed by atoms with van der Waals surface area (Å²) in [5, 5.41) is 7.85. The van der Waals surface area contributed by atoms with Gasteiger partial charge in [-0.1, -0.05) is 18.2 Å². The number of pyridine rings is 1. The van der Waals surface area contributed by atoms with Crippen LogP contribution in [0, 0.1) is 0 Å². The summed E-state index contributed by atoms with van der Waals surface area (Å²) in [6.07, 6.45) is 2.51. The van der Waals surface area contributed by atoms with Crippen molar-refractivity contribution in [2.24, 2.45) is 4.99 Å². The quantitative estimate of drug-likeness (QED) is 0.322. The molecule has 2 heterocycles.